The van der Waals surface area contributed by atoms with E-state index in [0.29, 0.717) is 27.3 Å². The number of benzene rings is 3. The van der Waals surface area contributed by atoms with Crippen molar-refractivity contribution >= 4 is 63.3 Å². The molecule has 176 valence electrons. The van der Waals surface area contributed by atoms with Crippen molar-refractivity contribution in [3.63, 3.8) is 0 Å². The highest BCUT2D eigenvalue weighted by Gasteiger charge is 2.39. The van der Waals surface area contributed by atoms with E-state index in [1.165, 1.54) is 11.8 Å². The highest BCUT2D eigenvalue weighted by atomic mass is 35.5. The molecule has 35 heavy (non-hydrogen) atoms. The van der Waals surface area contributed by atoms with Gasteiger partial charge >= 0.3 is 0 Å². The number of carbonyl (C=O) groups excluding carboxylic acids is 2. The lowest BCUT2D eigenvalue weighted by Crippen LogP contribution is -2.25. The molecule has 9 heteroatoms. The fourth-order valence-electron chi connectivity index (χ4n) is 3.95. The predicted octanol–water partition coefficient (Wildman–Crippen LogP) is 6.17. The molecule has 3 aromatic carbocycles. The van der Waals surface area contributed by atoms with Crippen molar-refractivity contribution in [3.8, 4) is 0 Å². The van der Waals surface area contributed by atoms with Gasteiger partial charge in [0.15, 0.2) is 5.17 Å². The Balaban J connectivity index is 1.34. The number of hydrogen-bond acceptors (Lipinski definition) is 5. The number of hydrogen-bond donors (Lipinski definition) is 1. The van der Waals surface area contributed by atoms with Crippen LogP contribution in [0.4, 0.5) is 5.69 Å². The Morgan fingerprint density at radius 1 is 0.971 bits per heavy atom. The summed E-state index contributed by atoms with van der Waals surface area (Å²) in [5.74, 6) is -0.603. The topological polar surface area (TPSA) is 74.1 Å². The highest BCUT2D eigenvalue weighted by molar-refractivity contribution is 8.15. The van der Waals surface area contributed by atoms with Crippen LogP contribution >= 0.6 is 35.0 Å². The summed E-state index contributed by atoms with van der Waals surface area (Å²) in [6.07, 6.45) is 0.662. The Hall–Kier alpha value is -3.13. The molecule has 0 bridgehead atoms. The molecule has 6 nitrogen and oxygen atoms in total. The number of nitrogens with zero attached hydrogens (tertiary/aromatic N) is 3. The molecule has 2 heterocycles. The van der Waals surface area contributed by atoms with E-state index in [4.69, 9.17) is 28.3 Å². The molecule has 0 radical (unpaired) electrons. The minimum Gasteiger partial charge on any atom is -0.326 e. The monoisotopic (exact) mass is 522 g/mol. The quantitative estimate of drug-likeness (QED) is 0.434. The van der Waals surface area contributed by atoms with Gasteiger partial charge in [0.1, 0.15) is 5.25 Å². The van der Waals surface area contributed by atoms with E-state index in [9.17, 15) is 9.59 Å². The largest absolute Gasteiger partial charge is 0.326 e. The van der Waals surface area contributed by atoms with E-state index < -0.39 is 5.25 Å². The summed E-state index contributed by atoms with van der Waals surface area (Å²) in [4.78, 5) is 29.6. The van der Waals surface area contributed by atoms with Gasteiger partial charge in [-0.15, -0.1) is 0 Å². The second kappa shape index (κ2) is 10.2. The average molecular weight is 523 g/mol. The van der Waals surface area contributed by atoms with Gasteiger partial charge in [0.05, 0.1) is 11.8 Å². The van der Waals surface area contributed by atoms with E-state index in [0.717, 1.165) is 16.8 Å². The van der Waals surface area contributed by atoms with E-state index in [1.807, 2.05) is 54.6 Å². The van der Waals surface area contributed by atoms with Crippen molar-refractivity contribution in [2.75, 3.05) is 5.32 Å². The maximum absolute atomic E-state index is 12.7. The first kappa shape index (κ1) is 23.6. The molecule has 2 aliphatic rings. The standard InChI is InChI=1S/C26H20Cl2N4O2S/c27-18-8-6-17(7-9-18)22-14-21(16-4-2-1-3-5-16)31-32(22)26-30-25(34)23(35-26)15-24(33)29-20-12-10-19(28)11-13-20/h1-13,22-23H,14-15H2,(H,29,33). The van der Waals surface area contributed by atoms with Crippen LogP contribution in [0.5, 0.6) is 0 Å². The molecule has 0 aromatic heterocycles. The Kier molecular flexibility index (Phi) is 6.90. The van der Waals surface area contributed by atoms with E-state index >= 15 is 0 Å². The van der Waals surface area contributed by atoms with E-state index in [2.05, 4.69) is 10.3 Å². The molecule has 2 amide bonds. The SMILES string of the molecule is O=C(CC1SC(N2N=C(c3ccccc3)CC2c2ccc(Cl)cc2)=NC1=O)Nc1ccc(Cl)cc1. The minimum absolute atomic E-state index is 0.00777. The van der Waals surface area contributed by atoms with Crippen LogP contribution in [0.25, 0.3) is 0 Å². The van der Waals surface area contributed by atoms with Gasteiger partial charge in [-0.2, -0.15) is 10.1 Å². The zero-order chi connectivity index (χ0) is 24.4. The smallest absolute Gasteiger partial charge is 0.262 e. The third-order valence-corrected chi connectivity index (χ3v) is 7.34. The average Bonchev–Trinajstić information content (AvgIpc) is 3.46. The molecule has 2 aliphatic heterocycles. The maximum atomic E-state index is 12.7. The van der Waals surface area contributed by atoms with Crippen LogP contribution in [-0.2, 0) is 9.59 Å². The predicted molar refractivity (Wildman–Crippen MR) is 142 cm³/mol. The number of aliphatic imine (C=N–C) groups is 1. The van der Waals surface area contributed by atoms with Gasteiger partial charge in [-0.05, 0) is 47.5 Å². The Labute approximate surface area is 217 Å². The van der Waals surface area contributed by atoms with Gasteiger partial charge < -0.3 is 5.32 Å². The lowest BCUT2D eigenvalue weighted by atomic mass is 9.99. The van der Waals surface area contributed by atoms with Crippen LogP contribution < -0.4 is 5.32 Å². The first-order valence-corrected chi connectivity index (χ1v) is 12.6. The van der Waals surface area contributed by atoms with Crippen LogP contribution in [0.1, 0.15) is 30.0 Å². The Bertz CT molecular complexity index is 1310. The molecule has 0 aliphatic carbocycles. The first-order chi connectivity index (χ1) is 17.0. The van der Waals surface area contributed by atoms with Gasteiger partial charge in [0.2, 0.25) is 5.91 Å². The zero-order valence-corrected chi connectivity index (χ0v) is 20.7. The van der Waals surface area contributed by atoms with Gasteiger partial charge in [-0.3, -0.25) is 9.59 Å². The maximum Gasteiger partial charge on any atom is 0.262 e. The van der Waals surface area contributed by atoms with E-state index in [-0.39, 0.29) is 24.3 Å². The fraction of sp³-hybridized carbons (Fsp3) is 0.154. The summed E-state index contributed by atoms with van der Waals surface area (Å²) >= 11 is 13.3. The molecule has 0 saturated carbocycles. The van der Waals surface area contributed by atoms with Crippen molar-refractivity contribution in [2.45, 2.75) is 24.1 Å². The molecule has 0 saturated heterocycles. The van der Waals surface area contributed by atoms with Crippen molar-refractivity contribution in [1.82, 2.24) is 5.01 Å². The van der Waals surface area contributed by atoms with Crippen molar-refractivity contribution in [2.24, 2.45) is 10.1 Å². The number of carbonyl (C=O) groups is 2. The first-order valence-electron chi connectivity index (χ1n) is 11.0. The number of amidine groups is 1. The number of amides is 2. The van der Waals surface area contributed by atoms with Gasteiger partial charge in [-0.1, -0.05) is 77.4 Å². The molecule has 3 aromatic rings. The number of nitrogens with one attached hydrogen (secondary N) is 1. The van der Waals surface area contributed by atoms with Gasteiger partial charge in [0, 0.05) is 28.6 Å². The normalized spacial score (nSPS) is 19.5. The summed E-state index contributed by atoms with van der Waals surface area (Å²) in [5.41, 5.74) is 3.56. The number of hydrazone groups is 1. The number of anilines is 1. The summed E-state index contributed by atoms with van der Waals surface area (Å²) in [6, 6.07) is 24.2. The fourth-order valence-corrected chi connectivity index (χ4v) is 5.27. The highest BCUT2D eigenvalue weighted by Crippen LogP contribution is 2.38. The number of thioether (sulfide) groups is 1. The summed E-state index contributed by atoms with van der Waals surface area (Å²) in [5, 5.41) is 10.6. The zero-order valence-electron chi connectivity index (χ0n) is 18.4. The molecule has 1 N–H and O–H groups in total. The lowest BCUT2D eigenvalue weighted by molar-refractivity contribution is -0.121. The molecule has 0 spiro atoms. The third-order valence-electron chi connectivity index (χ3n) is 5.70. The van der Waals surface area contributed by atoms with Crippen LogP contribution in [0.3, 0.4) is 0 Å². The summed E-state index contributed by atoms with van der Waals surface area (Å²) in [6.45, 7) is 0. The van der Waals surface area contributed by atoms with Crippen molar-refractivity contribution < 1.29 is 9.59 Å². The van der Waals surface area contributed by atoms with Gasteiger partial charge in [-0.25, -0.2) is 5.01 Å². The Morgan fingerprint density at radius 2 is 1.63 bits per heavy atom. The lowest BCUT2D eigenvalue weighted by Gasteiger charge is -2.23. The van der Waals surface area contributed by atoms with E-state index in [1.54, 1.807) is 29.3 Å². The second-order valence-corrected chi connectivity index (χ2v) is 10.2. The van der Waals surface area contributed by atoms with Crippen LogP contribution in [0.15, 0.2) is 89.0 Å². The van der Waals surface area contributed by atoms with Crippen molar-refractivity contribution in [1.29, 1.82) is 0 Å². The Morgan fingerprint density at radius 3 is 2.31 bits per heavy atom. The molecular formula is C26H20Cl2N4O2S. The van der Waals surface area contributed by atoms with Crippen LogP contribution in [0, 0.1) is 0 Å². The van der Waals surface area contributed by atoms with Crippen LogP contribution in [-0.4, -0.2) is 33.0 Å². The van der Waals surface area contributed by atoms with Crippen LogP contribution in [0.2, 0.25) is 10.0 Å². The summed E-state index contributed by atoms with van der Waals surface area (Å²) in [7, 11) is 0. The number of halogens is 2. The van der Waals surface area contributed by atoms with Gasteiger partial charge in [0.25, 0.3) is 5.91 Å². The molecule has 2 unspecified atom stereocenters. The molecule has 5 rings (SSSR count). The minimum atomic E-state index is -0.612. The third kappa shape index (κ3) is 5.42. The number of rotatable bonds is 5. The van der Waals surface area contributed by atoms with Crippen molar-refractivity contribution in [3.05, 3.63) is 100 Å². The molecule has 2 atom stereocenters. The summed E-state index contributed by atoms with van der Waals surface area (Å²) < 4.78 is 0. The molecular weight excluding hydrogens is 503 g/mol. The second-order valence-electron chi connectivity index (χ2n) is 8.13. The molecule has 0 fully saturated rings.